The SMILES string of the molecule is O=C(c1cccc(F)c1)N1CCC(c2nccn2Cc2ccccn2)CC1. The Labute approximate surface area is 157 Å². The summed E-state index contributed by atoms with van der Waals surface area (Å²) in [6.45, 7) is 1.99. The molecule has 1 saturated heterocycles. The minimum atomic E-state index is -0.382. The van der Waals surface area contributed by atoms with Gasteiger partial charge in [0, 0.05) is 43.2 Å². The number of imidazole rings is 1. The standard InChI is InChI=1S/C21H21FN4O/c22-18-5-3-4-17(14-18)21(27)25-11-7-16(8-12-25)20-24-10-13-26(20)15-19-6-1-2-9-23-19/h1-6,9-10,13-14,16H,7-8,11-12,15H2. The molecule has 1 fully saturated rings. The van der Waals surface area contributed by atoms with Gasteiger partial charge in [0.25, 0.3) is 5.91 Å². The molecule has 1 amide bonds. The van der Waals surface area contributed by atoms with Crippen LogP contribution in [-0.4, -0.2) is 38.4 Å². The second kappa shape index (κ2) is 7.70. The number of hydrogen-bond acceptors (Lipinski definition) is 3. The molecule has 1 aromatic carbocycles. The molecule has 0 aliphatic carbocycles. The number of pyridine rings is 1. The average molecular weight is 364 g/mol. The molecule has 3 aromatic rings. The number of aromatic nitrogens is 3. The molecule has 0 radical (unpaired) electrons. The third-order valence-electron chi connectivity index (χ3n) is 5.03. The van der Waals surface area contributed by atoms with Gasteiger partial charge in [-0.05, 0) is 43.2 Å². The van der Waals surface area contributed by atoms with E-state index in [4.69, 9.17) is 0 Å². The van der Waals surface area contributed by atoms with Crippen molar-refractivity contribution in [3.63, 3.8) is 0 Å². The van der Waals surface area contributed by atoms with E-state index in [1.165, 1.54) is 12.1 Å². The van der Waals surface area contributed by atoms with Crippen molar-refractivity contribution in [2.24, 2.45) is 0 Å². The molecule has 6 heteroatoms. The number of piperidine rings is 1. The maximum Gasteiger partial charge on any atom is 0.253 e. The molecule has 2 aromatic heterocycles. The van der Waals surface area contributed by atoms with Crippen molar-refractivity contribution in [2.75, 3.05) is 13.1 Å². The van der Waals surface area contributed by atoms with Gasteiger partial charge in [0.05, 0.1) is 12.2 Å². The number of likely N-dealkylation sites (tertiary alicyclic amines) is 1. The summed E-state index contributed by atoms with van der Waals surface area (Å²) >= 11 is 0. The van der Waals surface area contributed by atoms with Gasteiger partial charge in [-0.1, -0.05) is 12.1 Å². The first-order valence-electron chi connectivity index (χ1n) is 9.16. The molecule has 3 heterocycles. The minimum absolute atomic E-state index is 0.107. The third-order valence-corrected chi connectivity index (χ3v) is 5.03. The second-order valence-electron chi connectivity index (χ2n) is 6.81. The summed E-state index contributed by atoms with van der Waals surface area (Å²) in [6.07, 6.45) is 7.29. The fourth-order valence-corrected chi connectivity index (χ4v) is 3.63. The second-order valence-corrected chi connectivity index (χ2v) is 6.81. The van der Waals surface area contributed by atoms with Crippen molar-refractivity contribution in [1.82, 2.24) is 19.4 Å². The molecule has 4 rings (SSSR count). The lowest BCUT2D eigenvalue weighted by Crippen LogP contribution is -2.38. The van der Waals surface area contributed by atoms with Gasteiger partial charge in [-0.25, -0.2) is 9.37 Å². The third kappa shape index (κ3) is 3.89. The number of carbonyl (C=O) groups excluding carboxylic acids is 1. The van der Waals surface area contributed by atoms with E-state index < -0.39 is 0 Å². The molecule has 27 heavy (non-hydrogen) atoms. The Morgan fingerprint density at radius 3 is 2.67 bits per heavy atom. The van der Waals surface area contributed by atoms with Crippen molar-refractivity contribution in [1.29, 1.82) is 0 Å². The van der Waals surface area contributed by atoms with Crippen LogP contribution in [0.1, 0.15) is 40.6 Å². The Balaban J connectivity index is 1.41. The average Bonchev–Trinajstić information content (AvgIpc) is 3.16. The summed E-state index contributed by atoms with van der Waals surface area (Å²) in [5, 5.41) is 0. The molecule has 0 saturated carbocycles. The lowest BCUT2D eigenvalue weighted by atomic mass is 9.95. The van der Waals surface area contributed by atoms with Gasteiger partial charge in [0.1, 0.15) is 11.6 Å². The lowest BCUT2D eigenvalue weighted by Gasteiger charge is -2.32. The molecule has 0 unspecified atom stereocenters. The van der Waals surface area contributed by atoms with Gasteiger partial charge in [0.2, 0.25) is 0 Å². The molecule has 1 aliphatic heterocycles. The fourth-order valence-electron chi connectivity index (χ4n) is 3.63. The van der Waals surface area contributed by atoms with Crippen molar-refractivity contribution in [2.45, 2.75) is 25.3 Å². The van der Waals surface area contributed by atoms with E-state index in [9.17, 15) is 9.18 Å². The van der Waals surface area contributed by atoms with E-state index in [0.29, 0.717) is 31.1 Å². The number of carbonyl (C=O) groups is 1. The number of hydrogen-bond donors (Lipinski definition) is 0. The first-order chi connectivity index (χ1) is 13.2. The summed E-state index contributed by atoms with van der Waals surface area (Å²) in [7, 11) is 0. The van der Waals surface area contributed by atoms with Gasteiger partial charge < -0.3 is 9.47 Å². The number of halogens is 1. The predicted molar refractivity (Wildman–Crippen MR) is 99.8 cm³/mol. The zero-order chi connectivity index (χ0) is 18.6. The van der Waals surface area contributed by atoms with Crippen LogP contribution in [0.25, 0.3) is 0 Å². The largest absolute Gasteiger partial charge is 0.339 e. The number of rotatable bonds is 4. The summed E-state index contributed by atoms with van der Waals surface area (Å²) in [5.74, 6) is 0.857. The molecule has 0 atom stereocenters. The van der Waals surface area contributed by atoms with Crippen LogP contribution >= 0.6 is 0 Å². The Morgan fingerprint density at radius 2 is 1.93 bits per heavy atom. The van der Waals surface area contributed by atoms with E-state index >= 15 is 0 Å². The fraction of sp³-hybridized carbons (Fsp3) is 0.286. The Bertz CT molecular complexity index is 917. The van der Waals surface area contributed by atoms with Crippen molar-refractivity contribution in [3.05, 3.63) is 84.0 Å². The van der Waals surface area contributed by atoms with Crippen LogP contribution in [0, 0.1) is 5.82 Å². The zero-order valence-electron chi connectivity index (χ0n) is 15.0. The summed E-state index contributed by atoms with van der Waals surface area (Å²) in [4.78, 5) is 23.3. The maximum absolute atomic E-state index is 13.4. The van der Waals surface area contributed by atoms with Crippen LogP contribution in [0.3, 0.4) is 0 Å². The van der Waals surface area contributed by atoms with Crippen LogP contribution in [0.15, 0.2) is 61.1 Å². The smallest absolute Gasteiger partial charge is 0.253 e. The first kappa shape index (κ1) is 17.4. The molecule has 0 spiro atoms. The Morgan fingerprint density at radius 1 is 1.07 bits per heavy atom. The monoisotopic (exact) mass is 364 g/mol. The zero-order valence-corrected chi connectivity index (χ0v) is 15.0. The van der Waals surface area contributed by atoms with Crippen molar-refractivity contribution >= 4 is 5.91 Å². The highest BCUT2D eigenvalue weighted by Crippen LogP contribution is 2.28. The first-order valence-corrected chi connectivity index (χ1v) is 9.16. The number of amides is 1. The van der Waals surface area contributed by atoms with E-state index in [1.54, 1.807) is 23.2 Å². The van der Waals surface area contributed by atoms with Crippen LogP contribution in [0.5, 0.6) is 0 Å². The molecular formula is C21H21FN4O. The normalized spacial score (nSPS) is 15.1. The van der Waals surface area contributed by atoms with Gasteiger partial charge in [-0.15, -0.1) is 0 Å². The molecule has 5 nitrogen and oxygen atoms in total. The number of benzene rings is 1. The van der Waals surface area contributed by atoms with Crippen molar-refractivity contribution < 1.29 is 9.18 Å². The number of nitrogens with zero attached hydrogens (tertiary/aromatic N) is 4. The predicted octanol–water partition coefficient (Wildman–Crippen LogP) is 3.49. The Kier molecular flexibility index (Phi) is 4.96. The Hall–Kier alpha value is -3.02. The van der Waals surface area contributed by atoms with E-state index in [0.717, 1.165) is 24.4 Å². The maximum atomic E-state index is 13.4. The molecule has 0 N–H and O–H groups in total. The highest BCUT2D eigenvalue weighted by atomic mass is 19.1. The van der Waals surface area contributed by atoms with Crippen molar-refractivity contribution in [3.8, 4) is 0 Å². The van der Waals surface area contributed by atoms with Crippen LogP contribution < -0.4 is 0 Å². The lowest BCUT2D eigenvalue weighted by molar-refractivity contribution is 0.0710. The van der Waals surface area contributed by atoms with E-state index in [2.05, 4.69) is 14.5 Å². The highest BCUT2D eigenvalue weighted by molar-refractivity contribution is 5.94. The summed E-state index contributed by atoms with van der Waals surface area (Å²) < 4.78 is 15.5. The van der Waals surface area contributed by atoms with Crippen LogP contribution in [-0.2, 0) is 6.54 Å². The van der Waals surface area contributed by atoms with Crippen LogP contribution in [0.2, 0.25) is 0 Å². The van der Waals surface area contributed by atoms with Gasteiger partial charge in [-0.3, -0.25) is 9.78 Å². The highest BCUT2D eigenvalue weighted by Gasteiger charge is 2.27. The van der Waals surface area contributed by atoms with Gasteiger partial charge >= 0.3 is 0 Å². The quantitative estimate of drug-likeness (QED) is 0.712. The van der Waals surface area contributed by atoms with E-state index in [1.807, 2.05) is 30.6 Å². The minimum Gasteiger partial charge on any atom is -0.339 e. The van der Waals surface area contributed by atoms with Crippen LogP contribution in [0.4, 0.5) is 4.39 Å². The van der Waals surface area contributed by atoms with Gasteiger partial charge in [-0.2, -0.15) is 0 Å². The molecule has 1 aliphatic rings. The topological polar surface area (TPSA) is 51.0 Å². The van der Waals surface area contributed by atoms with E-state index in [-0.39, 0.29) is 11.7 Å². The molecule has 0 bridgehead atoms. The van der Waals surface area contributed by atoms with Gasteiger partial charge in [0.15, 0.2) is 0 Å². The molecule has 138 valence electrons. The summed E-state index contributed by atoms with van der Waals surface area (Å²) in [5.41, 5.74) is 1.40. The molecular weight excluding hydrogens is 343 g/mol. The summed E-state index contributed by atoms with van der Waals surface area (Å²) in [6, 6.07) is 11.8.